The third-order valence-corrected chi connectivity index (χ3v) is 6.99. The first kappa shape index (κ1) is 24.2. The van der Waals surface area contributed by atoms with Crippen molar-refractivity contribution in [3.63, 3.8) is 0 Å². The number of primary amides is 1. The number of anilines is 1. The minimum absolute atomic E-state index is 0.136. The van der Waals surface area contributed by atoms with Gasteiger partial charge in [-0.05, 0) is 55.0 Å². The van der Waals surface area contributed by atoms with Crippen LogP contribution < -0.4 is 15.4 Å². The Morgan fingerprint density at radius 2 is 2.03 bits per heavy atom. The number of nitrogens with two attached hydrogens (primary N) is 1. The predicted molar refractivity (Wildman–Crippen MR) is 135 cm³/mol. The number of pyridine rings is 2. The van der Waals surface area contributed by atoms with Gasteiger partial charge in [0.25, 0.3) is 5.91 Å². The molecule has 0 atom stereocenters. The number of hydrogen-bond acceptors (Lipinski definition) is 6. The van der Waals surface area contributed by atoms with E-state index in [2.05, 4.69) is 15.1 Å². The lowest BCUT2D eigenvalue weighted by molar-refractivity contribution is -0.193. The average Bonchev–Trinajstić information content (AvgIpc) is 3.62. The second-order valence-corrected chi connectivity index (χ2v) is 9.92. The molecular weight excluding hydrogens is 518 g/mol. The summed E-state index contributed by atoms with van der Waals surface area (Å²) in [6, 6.07) is 7.63. The Morgan fingerprint density at radius 3 is 2.71 bits per heavy atom. The molecule has 2 N–H and O–H groups in total. The molecule has 2 amide bonds. The highest BCUT2D eigenvalue weighted by atomic mass is 35.5. The van der Waals surface area contributed by atoms with Crippen LogP contribution in [0.1, 0.15) is 34.6 Å². The number of alkyl halides is 2. The molecule has 0 spiro atoms. The molecular formula is C26H21ClF2N6O3. The first-order valence-electron chi connectivity index (χ1n) is 11.9. The Balaban J connectivity index is 1.51. The van der Waals surface area contributed by atoms with Gasteiger partial charge >= 0.3 is 12.0 Å². The second-order valence-electron chi connectivity index (χ2n) is 9.49. The van der Waals surface area contributed by atoms with E-state index in [0.29, 0.717) is 50.9 Å². The molecule has 9 nitrogen and oxygen atoms in total. The van der Waals surface area contributed by atoms with Gasteiger partial charge in [0.05, 0.1) is 40.4 Å². The molecule has 38 heavy (non-hydrogen) atoms. The molecule has 0 saturated heterocycles. The van der Waals surface area contributed by atoms with Gasteiger partial charge in [0.1, 0.15) is 0 Å². The van der Waals surface area contributed by atoms with Gasteiger partial charge in [-0.15, -0.1) is 0 Å². The molecule has 0 unspecified atom stereocenters. The summed E-state index contributed by atoms with van der Waals surface area (Å²) in [7, 11) is 1.73. The number of halogens is 3. The third kappa shape index (κ3) is 4.12. The summed E-state index contributed by atoms with van der Waals surface area (Å²) in [6.45, 7) is -0.221. The summed E-state index contributed by atoms with van der Waals surface area (Å²) in [5.41, 5.74) is 8.48. The highest BCUT2D eigenvalue weighted by Gasteiger charge is 2.50. The average molecular weight is 539 g/mol. The van der Waals surface area contributed by atoms with Gasteiger partial charge in [0.2, 0.25) is 0 Å². The van der Waals surface area contributed by atoms with Crippen molar-refractivity contribution >= 4 is 40.1 Å². The van der Waals surface area contributed by atoms with Gasteiger partial charge in [-0.3, -0.25) is 24.2 Å². The van der Waals surface area contributed by atoms with E-state index in [0.717, 1.165) is 17.7 Å². The minimum Gasteiger partial charge on any atom is -0.423 e. The van der Waals surface area contributed by atoms with E-state index in [-0.39, 0.29) is 23.5 Å². The van der Waals surface area contributed by atoms with Crippen LogP contribution in [-0.4, -0.2) is 37.7 Å². The predicted octanol–water partition coefficient (Wildman–Crippen LogP) is 4.25. The quantitative estimate of drug-likeness (QED) is 0.392. The van der Waals surface area contributed by atoms with Crippen LogP contribution in [-0.2, 0) is 24.8 Å². The van der Waals surface area contributed by atoms with E-state index in [1.807, 2.05) is 0 Å². The maximum atomic E-state index is 14.8. The van der Waals surface area contributed by atoms with Crippen molar-refractivity contribution in [3.05, 3.63) is 64.7 Å². The number of amides is 2. The summed E-state index contributed by atoms with van der Waals surface area (Å²) in [4.78, 5) is 35.1. The molecule has 1 aliphatic carbocycles. The first-order valence-corrected chi connectivity index (χ1v) is 12.3. The molecule has 4 heterocycles. The SMILES string of the molecule is Cn1ncc2c(-c3ccc4c(c3)OC(F)(F)C(=O)N4Cc3ccc(Cl)cn3)c(C(N)=O)c(CC3CC3)nc21. The summed E-state index contributed by atoms with van der Waals surface area (Å²) in [5.74, 6) is -2.01. The fourth-order valence-corrected chi connectivity index (χ4v) is 4.86. The molecule has 2 aliphatic rings. The Kier molecular flexibility index (Phi) is 5.56. The van der Waals surface area contributed by atoms with Crippen LogP contribution >= 0.6 is 11.6 Å². The highest BCUT2D eigenvalue weighted by Crippen LogP contribution is 2.44. The van der Waals surface area contributed by atoms with E-state index in [4.69, 9.17) is 22.1 Å². The van der Waals surface area contributed by atoms with Gasteiger partial charge in [-0.25, -0.2) is 4.98 Å². The minimum atomic E-state index is -4.11. The molecule has 6 rings (SSSR count). The number of carbonyl (C=O) groups excluding carboxylic acids is 2. The molecule has 0 radical (unpaired) electrons. The molecule has 1 saturated carbocycles. The highest BCUT2D eigenvalue weighted by molar-refractivity contribution is 6.30. The number of aryl methyl sites for hydroxylation is 1. The monoisotopic (exact) mass is 538 g/mol. The van der Waals surface area contributed by atoms with Crippen LogP contribution in [0.25, 0.3) is 22.2 Å². The van der Waals surface area contributed by atoms with Crippen LogP contribution in [0.15, 0.2) is 42.7 Å². The second kappa shape index (κ2) is 8.73. The van der Waals surface area contributed by atoms with Gasteiger partial charge in [0, 0.05) is 24.2 Å². The molecule has 3 aromatic heterocycles. The zero-order valence-corrected chi connectivity index (χ0v) is 20.9. The Hall–Kier alpha value is -4.12. The number of carbonyl (C=O) groups is 2. The standard InChI is InChI=1S/C26H21ClF2N6O3/c1-34-24-17(11-32-34)21(22(23(30)36)18(33-24)8-13-2-3-13)14-4-7-19-20(9-14)38-26(28,29)25(37)35(19)12-16-6-5-15(27)10-31-16/h4-7,9-11,13H,2-3,8,12H2,1H3,(H2,30,36). The number of hydrogen-bond donors (Lipinski definition) is 1. The van der Waals surface area contributed by atoms with Crippen molar-refractivity contribution in [2.45, 2.75) is 31.9 Å². The molecule has 12 heteroatoms. The Morgan fingerprint density at radius 1 is 1.24 bits per heavy atom. The van der Waals surface area contributed by atoms with Gasteiger partial charge in [0.15, 0.2) is 11.4 Å². The molecule has 1 aliphatic heterocycles. The normalized spacial score (nSPS) is 16.4. The number of aromatic nitrogens is 4. The van der Waals surface area contributed by atoms with Crippen molar-refractivity contribution in [2.24, 2.45) is 18.7 Å². The van der Waals surface area contributed by atoms with Crippen molar-refractivity contribution in [3.8, 4) is 16.9 Å². The lowest BCUT2D eigenvalue weighted by Gasteiger charge is -2.33. The van der Waals surface area contributed by atoms with Gasteiger partial charge < -0.3 is 10.5 Å². The van der Waals surface area contributed by atoms with Crippen LogP contribution in [0.4, 0.5) is 14.5 Å². The molecule has 194 valence electrons. The zero-order chi connectivity index (χ0) is 26.8. The van der Waals surface area contributed by atoms with E-state index in [1.54, 1.807) is 36.1 Å². The molecule has 1 fully saturated rings. The van der Waals surface area contributed by atoms with Gasteiger partial charge in [-0.2, -0.15) is 13.9 Å². The Bertz CT molecular complexity index is 1620. The van der Waals surface area contributed by atoms with Gasteiger partial charge in [-0.1, -0.05) is 17.7 Å². The van der Waals surface area contributed by atoms with E-state index in [9.17, 15) is 18.4 Å². The smallest absolute Gasteiger partial charge is 0.423 e. The van der Waals surface area contributed by atoms with Crippen LogP contribution in [0.2, 0.25) is 5.02 Å². The maximum absolute atomic E-state index is 14.8. The molecule has 4 aromatic rings. The number of rotatable bonds is 6. The van der Waals surface area contributed by atoms with E-state index < -0.39 is 17.9 Å². The molecule has 1 aromatic carbocycles. The lowest BCUT2D eigenvalue weighted by atomic mass is 9.93. The van der Waals surface area contributed by atoms with Crippen molar-refractivity contribution in [2.75, 3.05) is 4.90 Å². The maximum Gasteiger partial charge on any atom is 0.482 e. The van der Waals surface area contributed by atoms with Crippen molar-refractivity contribution in [1.82, 2.24) is 19.7 Å². The number of benzene rings is 1. The fourth-order valence-electron chi connectivity index (χ4n) is 4.75. The van der Waals surface area contributed by atoms with E-state index >= 15 is 0 Å². The zero-order valence-electron chi connectivity index (χ0n) is 20.1. The summed E-state index contributed by atoms with van der Waals surface area (Å²) >= 11 is 5.88. The molecule has 0 bridgehead atoms. The summed E-state index contributed by atoms with van der Waals surface area (Å²) in [6.07, 6.45) is 1.46. The van der Waals surface area contributed by atoms with Crippen LogP contribution in [0.5, 0.6) is 5.75 Å². The largest absolute Gasteiger partial charge is 0.482 e. The summed E-state index contributed by atoms with van der Waals surface area (Å²) < 4.78 is 36.0. The summed E-state index contributed by atoms with van der Waals surface area (Å²) in [5, 5.41) is 5.21. The Labute approximate surface area is 220 Å². The number of fused-ring (bicyclic) bond motifs is 2. The lowest BCUT2D eigenvalue weighted by Crippen LogP contribution is -2.50. The number of nitrogens with zero attached hydrogens (tertiary/aromatic N) is 5. The van der Waals surface area contributed by atoms with Crippen LogP contribution in [0, 0.1) is 5.92 Å². The van der Waals surface area contributed by atoms with Crippen LogP contribution in [0.3, 0.4) is 0 Å². The number of ether oxygens (including phenoxy) is 1. The fraction of sp³-hybridized carbons (Fsp3) is 0.269. The first-order chi connectivity index (χ1) is 18.1. The van der Waals surface area contributed by atoms with Crippen molar-refractivity contribution in [1.29, 1.82) is 0 Å². The van der Waals surface area contributed by atoms with E-state index in [1.165, 1.54) is 18.3 Å². The third-order valence-electron chi connectivity index (χ3n) is 6.76. The topological polar surface area (TPSA) is 116 Å². The van der Waals surface area contributed by atoms with Crippen molar-refractivity contribution < 1.29 is 23.1 Å².